The summed E-state index contributed by atoms with van der Waals surface area (Å²) in [5.41, 5.74) is 0.132. The van der Waals surface area contributed by atoms with E-state index in [2.05, 4.69) is 20.8 Å². The van der Waals surface area contributed by atoms with E-state index in [-0.39, 0.29) is 22.7 Å². The first kappa shape index (κ1) is 20.7. The molecule has 0 saturated carbocycles. The van der Waals surface area contributed by atoms with Gasteiger partial charge in [-0.05, 0) is 19.3 Å². The van der Waals surface area contributed by atoms with Gasteiger partial charge in [-0.2, -0.15) is 0 Å². The van der Waals surface area contributed by atoms with E-state index in [1.54, 1.807) is 7.11 Å². The highest BCUT2D eigenvalue weighted by molar-refractivity contribution is 7.90. The molecule has 0 rings (SSSR count). The molecule has 18 heavy (non-hydrogen) atoms. The van der Waals surface area contributed by atoms with Crippen molar-refractivity contribution < 1.29 is 26.5 Å². The number of ether oxygens (including phenoxy) is 1. The summed E-state index contributed by atoms with van der Waals surface area (Å²) in [7, 11) is 0.0586. The van der Waals surface area contributed by atoms with Crippen LogP contribution in [0.15, 0.2) is 0 Å². The molecular weight excluding hydrogens is 311 g/mol. The molecule has 110 valence electrons. The lowest BCUT2D eigenvalue weighted by molar-refractivity contribution is -0.00000785. The molecule has 0 aliphatic carbocycles. The molecule has 0 saturated heterocycles. The van der Waals surface area contributed by atoms with Crippen molar-refractivity contribution in [2.24, 2.45) is 0 Å². The van der Waals surface area contributed by atoms with E-state index in [4.69, 9.17) is 4.74 Å². The van der Waals surface area contributed by atoms with E-state index < -0.39 is 7.26 Å². The van der Waals surface area contributed by atoms with Gasteiger partial charge >= 0.3 is 5.71 Å². The topological polar surface area (TPSA) is 26.3 Å². The average Bonchev–Trinajstić information content (AvgIpc) is 2.37. The molecule has 0 aliphatic rings. The fraction of sp³-hybridized carbons (Fsp3) is 0.929. The zero-order valence-electron chi connectivity index (χ0n) is 12.5. The van der Waals surface area contributed by atoms with Crippen molar-refractivity contribution >= 4 is 13.0 Å². The smallest absolute Gasteiger partial charge is 0.450 e. The summed E-state index contributed by atoms with van der Waals surface area (Å²) in [6.45, 7) is 6.60. The van der Waals surface area contributed by atoms with Crippen molar-refractivity contribution in [1.29, 1.82) is 0 Å². The van der Waals surface area contributed by atoms with Crippen LogP contribution in [-0.4, -0.2) is 31.3 Å². The van der Waals surface area contributed by atoms with Gasteiger partial charge in [-0.15, -0.1) is 0 Å². The lowest BCUT2D eigenvalue weighted by atomic mass is 10.4. The van der Waals surface area contributed by atoms with Crippen LogP contribution in [0.5, 0.6) is 0 Å². The van der Waals surface area contributed by atoms with Crippen molar-refractivity contribution in [2.45, 2.75) is 59.3 Å². The molecule has 2 nitrogen and oxygen atoms in total. The van der Waals surface area contributed by atoms with Crippen LogP contribution in [0.2, 0.25) is 0 Å². The normalized spacial score (nSPS) is 10.9. The van der Waals surface area contributed by atoms with Gasteiger partial charge in [0.15, 0.2) is 0 Å². The molecule has 0 bridgehead atoms. The average molecular weight is 341 g/mol. The number of unbranched alkanes of at least 4 members (excludes halogenated alkanes) is 3. The van der Waals surface area contributed by atoms with Crippen LogP contribution in [0.1, 0.15) is 59.3 Å². The minimum absolute atomic E-state index is 0. The first-order chi connectivity index (χ1) is 8.16. The minimum Gasteiger partial charge on any atom is -1.00 e. The van der Waals surface area contributed by atoms with Crippen LogP contribution in [0.3, 0.4) is 0 Å². The minimum atomic E-state index is -1.50. The Morgan fingerprint density at radius 1 is 0.889 bits per heavy atom. The number of carbonyl (C=O) groups excluding carboxylic acids is 1. The van der Waals surface area contributed by atoms with Crippen LogP contribution in [-0.2, 0) is 4.74 Å². The van der Waals surface area contributed by atoms with Crippen molar-refractivity contribution in [3.63, 3.8) is 0 Å². The second-order valence-electron chi connectivity index (χ2n) is 4.85. The quantitative estimate of drug-likeness (QED) is 0.570. The first-order valence-corrected chi connectivity index (χ1v) is 9.45. The zero-order valence-corrected chi connectivity index (χ0v) is 15.0. The van der Waals surface area contributed by atoms with Gasteiger partial charge in [0.25, 0.3) is 0 Å². The predicted octanol–water partition coefficient (Wildman–Crippen LogP) is 2.17. The van der Waals surface area contributed by atoms with Crippen LogP contribution in [0, 0.1) is 0 Å². The highest BCUT2D eigenvalue weighted by Gasteiger charge is 2.45. The maximum absolute atomic E-state index is 12.2. The molecule has 0 N–H and O–H groups in total. The van der Waals surface area contributed by atoms with Crippen LogP contribution in [0.4, 0.5) is 4.79 Å². The van der Waals surface area contributed by atoms with E-state index in [1.165, 1.54) is 38.5 Å². The highest BCUT2D eigenvalue weighted by atomic mass is 79.9. The number of hydrogen-bond donors (Lipinski definition) is 0. The molecule has 0 amide bonds. The molecule has 0 atom stereocenters. The summed E-state index contributed by atoms with van der Waals surface area (Å²) < 4.78 is 5.12. The number of hydrogen-bond acceptors (Lipinski definition) is 2. The van der Waals surface area contributed by atoms with E-state index >= 15 is 0 Å². The predicted molar refractivity (Wildman–Crippen MR) is 78.7 cm³/mol. The Morgan fingerprint density at radius 3 is 1.44 bits per heavy atom. The molecule has 0 spiro atoms. The SMILES string of the molecule is CCCC[P+](CCCC)(CCCC)C(=O)OC.[Br-]. The molecule has 0 aromatic rings. The molecule has 0 aliphatic heterocycles. The Labute approximate surface area is 124 Å². The molecule has 0 radical (unpaired) electrons. The Morgan fingerprint density at radius 2 is 1.22 bits per heavy atom. The number of rotatable bonds is 10. The summed E-state index contributed by atoms with van der Waals surface area (Å²) in [5, 5.41) is 0. The van der Waals surface area contributed by atoms with Crippen LogP contribution >= 0.6 is 7.26 Å². The van der Waals surface area contributed by atoms with E-state index in [0.29, 0.717) is 0 Å². The Balaban J connectivity index is 0. The molecular formula is C14H30BrO2P. The van der Waals surface area contributed by atoms with Gasteiger partial charge in [0.05, 0.1) is 25.6 Å². The Kier molecular flexibility index (Phi) is 14.3. The summed E-state index contributed by atoms with van der Waals surface area (Å²) >= 11 is 0. The van der Waals surface area contributed by atoms with Gasteiger partial charge in [0.2, 0.25) is 0 Å². The third kappa shape index (κ3) is 7.09. The van der Waals surface area contributed by atoms with Crippen LogP contribution in [0.25, 0.3) is 0 Å². The van der Waals surface area contributed by atoms with Gasteiger partial charge < -0.3 is 21.7 Å². The summed E-state index contributed by atoms with van der Waals surface area (Å²) in [5.74, 6) is 0. The standard InChI is InChI=1S/C14H30O2P.BrH/c1-5-8-11-17(12-9-6-2,13-10-7-3)14(15)16-4;/h5-13H2,1-4H3;1H/q+1;/p-1. The van der Waals surface area contributed by atoms with Gasteiger partial charge in [-0.25, -0.2) is 4.79 Å². The molecule has 0 unspecified atom stereocenters. The first-order valence-electron chi connectivity index (χ1n) is 7.11. The van der Waals surface area contributed by atoms with E-state index in [0.717, 1.165) is 18.5 Å². The monoisotopic (exact) mass is 340 g/mol. The third-order valence-electron chi connectivity index (χ3n) is 3.38. The second kappa shape index (κ2) is 12.4. The Bertz CT molecular complexity index is 188. The van der Waals surface area contributed by atoms with Gasteiger partial charge in [0.1, 0.15) is 7.26 Å². The summed E-state index contributed by atoms with van der Waals surface area (Å²) in [6, 6.07) is 0. The van der Waals surface area contributed by atoms with Crippen molar-refractivity contribution in [3.05, 3.63) is 0 Å². The fourth-order valence-electron chi connectivity index (χ4n) is 2.19. The Hall–Kier alpha value is 0.380. The largest absolute Gasteiger partial charge is 1.00 e. The lowest BCUT2D eigenvalue weighted by Crippen LogP contribution is -3.00. The molecule has 0 aromatic heterocycles. The summed E-state index contributed by atoms with van der Waals surface area (Å²) in [4.78, 5) is 12.2. The van der Waals surface area contributed by atoms with E-state index in [1.807, 2.05) is 0 Å². The fourth-order valence-corrected chi connectivity index (χ4v) is 6.56. The zero-order chi connectivity index (χ0) is 13.1. The number of methoxy groups -OCH3 is 1. The van der Waals surface area contributed by atoms with Gasteiger partial charge in [-0.3, -0.25) is 0 Å². The molecule has 4 heteroatoms. The van der Waals surface area contributed by atoms with Crippen molar-refractivity contribution in [2.75, 3.05) is 25.6 Å². The van der Waals surface area contributed by atoms with Crippen LogP contribution < -0.4 is 17.0 Å². The maximum atomic E-state index is 12.2. The molecule has 0 fully saturated rings. The summed E-state index contributed by atoms with van der Waals surface area (Å²) in [6.07, 6.45) is 10.4. The van der Waals surface area contributed by atoms with Gasteiger partial charge in [0, 0.05) is 0 Å². The second-order valence-corrected chi connectivity index (χ2v) is 8.84. The van der Waals surface area contributed by atoms with E-state index in [9.17, 15) is 4.79 Å². The number of halogens is 1. The lowest BCUT2D eigenvalue weighted by Gasteiger charge is -2.23. The molecule has 0 heterocycles. The molecule has 0 aromatic carbocycles. The third-order valence-corrected chi connectivity index (χ3v) is 7.86. The number of carbonyl (C=O) groups is 1. The van der Waals surface area contributed by atoms with Crippen molar-refractivity contribution in [3.8, 4) is 0 Å². The van der Waals surface area contributed by atoms with Gasteiger partial charge in [-0.1, -0.05) is 40.0 Å². The maximum Gasteiger partial charge on any atom is 0.450 e. The highest BCUT2D eigenvalue weighted by Crippen LogP contribution is 2.62. The van der Waals surface area contributed by atoms with Crippen molar-refractivity contribution in [1.82, 2.24) is 0 Å².